The van der Waals surface area contributed by atoms with Crippen molar-refractivity contribution in [2.24, 2.45) is 11.1 Å². The number of rotatable bonds is 13. The van der Waals surface area contributed by atoms with Gasteiger partial charge in [0.05, 0.1) is 18.8 Å². The number of benzene rings is 2. The summed E-state index contributed by atoms with van der Waals surface area (Å²) in [5.41, 5.74) is 7.52. The fraction of sp³-hybridized carbons (Fsp3) is 0.469. The lowest BCUT2D eigenvalue weighted by molar-refractivity contribution is -0.143. The average Bonchev–Trinajstić information content (AvgIpc) is 3.41. The zero-order valence-electron chi connectivity index (χ0n) is 24.3. The van der Waals surface area contributed by atoms with Crippen molar-refractivity contribution in [1.29, 1.82) is 0 Å². The molecule has 41 heavy (non-hydrogen) atoms. The second-order valence-corrected chi connectivity index (χ2v) is 12.0. The van der Waals surface area contributed by atoms with E-state index < -0.39 is 17.5 Å². The molecule has 0 bridgehead atoms. The first-order valence-corrected chi connectivity index (χ1v) is 14.9. The summed E-state index contributed by atoms with van der Waals surface area (Å²) in [5.74, 6) is -0.606. The van der Waals surface area contributed by atoms with Gasteiger partial charge < -0.3 is 25.4 Å². The number of hydrogen-bond donors (Lipinski definition) is 2. The van der Waals surface area contributed by atoms with E-state index in [0.29, 0.717) is 23.0 Å². The predicted molar refractivity (Wildman–Crippen MR) is 168 cm³/mol. The minimum absolute atomic E-state index is 0.0227. The van der Waals surface area contributed by atoms with Gasteiger partial charge in [0.1, 0.15) is 17.6 Å². The van der Waals surface area contributed by atoms with Crippen molar-refractivity contribution >= 4 is 40.7 Å². The van der Waals surface area contributed by atoms with Crippen molar-refractivity contribution in [1.82, 2.24) is 10.2 Å². The highest BCUT2D eigenvalue weighted by atomic mass is 35.5. The molecule has 0 aliphatic carbocycles. The predicted octanol–water partition coefficient (Wildman–Crippen LogP) is 5.24. The summed E-state index contributed by atoms with van der Waals surface area (Å²) in [6.07, 6.45) is 6.39. The van der Waals surface area contributed by atoms with E-state index in [1.165, 1.54) is 6.92 Å². The minimum Gasteiger partial charge on any atom is -0.465 e. The number of carbonyl (C=O) groups excluding carboxylic acids is 2. The highest BCUT2D eigenvalue weighted by Gasteiger charge is 2.34. The summed E-state index contributed by atoms with van der Waals surface area (Å²) in [6.45, 7) is 8.45. The number of nitrogens with two attached hydrogens (primary N) is 1. The first kappa shape index (κ1) is 32.7. The smallest absolute Gasteiger partial charge is 0.302 e. The number of likely N-dealkylation sites (tertiary alicyclic amines) is 1. The van der Waals surface area contributed by atoms with Crippen LogP contribution in [0.4, 0.5) is 0 Å². The molecular formula is C32H42ClN3O4S. The maximum atomic E-state index is 12.7. The first-order valence-electron chi connectivity index (χ1n) is 14.1. The normalized spacial score (nSPS) is 18.9. The number of nitrogens with one attached hydrogen (secondary N) is 1. The molecule has 0 spiro atoms. The Bertz CT molecular complexity index is 1210. The molecule has 1 saturated heterocycles. The van der Waals surface area contributed by atoms with Crippen LogP contribution in [0.25, 0.3) is 0 Å². The van der Waals surface area contributed by atoms with Crippen molar-refractivity contribution in [3.63, 3.8) is 0 Å². The lowest BCUT2D eigenvalue weighted by Crippen LogP contribution is -2.56. The van der Waals surface area contributed by atoms with Crippen LogP contribution in [0.15, 0.2) is 66.7 Å². The molecule has 2 aromatic rings. The number of esters is 1. The van der Waals surface area contributed by atoms with Gasteiger partial charge in [0, 0.05) is 29.9 Å². The molecule has 7 nitrogen and oxygen atoms in total. The SMILES string of the molecule is CC(=O)OC[C@@](C)(C=C[C@@H]1CCCN1C(=S)[C@@H](NC(=O)[C@H](C)N)C(C)OCc1ccccc1)Cc1cccc(Cl)c1. The van der Waals surface area contributed by atoms with Gasteiger partial charge in [-0.3, -0.25) is 9.59 Å². The van der Waals surface area contributed by atoms with Gasteiger partial charge in [-0.25, -0.2) is 0 Å². The van der Waals surface area contributed by atoms with Crippen LogP contribution in [-0.4, -0.2) is 59.1 Å². The van der Waals surface area contributed by atoms with Crippen LogP contribution < -0.4 is 11.1 Å². The summed E-state index contributed by atoms with van der Waals surface area (Å²) in [7, 11) is 0. The third-order valence-corrected chi connectivity index (χ3v) is 7.93. The van der Waals surface area contributed by atoms with Gasteiger partial charge in [-0.1, -0.05) is 85.4 Å². The Morgan fingerprint density at radius 3 is 2.56 bits per heavy atom. The molecule has 1 amide bonds. The molecule has 0 radical (unpaired) electrons. The molecule has 3 N–H and O–H groups in total. The van der Waals surface area contributed by atoms with Gasteiger partial charge in [0.2, 0.25) is 5.91 Å². The number of halogens is 1. The maximum Gasteiger partial charge on any atom is 0.302 e. The summed E-state index contributed by atoms with van der Waals surface area (Å²) < 4.78 is 11.6. The van der Waals surface area contributed by atoms with Crippen LogP contribution in [0, 0.1) is 5.41 Å². The number of hydrogen-bond acceptors (Lipinski definition) is 6. The number of carbonyl (C=O) groups is 2. The van der Waals surface area contributed by atoms with Crippen molar-refractivity contribution in [3.8, 4) is 0 Å². The molecule has 1 aliphatic rings. The lowest BCUT2D eigenvalue weighted by atomic mass is 9.83. The van der Waals surface area contributed by atoms with Crippen LogP contribution in [0.3, 0.4) is 0 Å². The number of ether oxygens (including phenoxy) is 2. The molecule has 1 heterocycles. The molecule has 0 saturated carbocycles. The number of amides is 1. The Morgan fingerprint density at radius 1 is 1.20 bits per heavy atom. The Morgan fingerprint density at radius 2 is 1.90 bits per heavy atom. The highest BCUT2D eigenvalue weighted by Crippen LogP contribution is 2.29. The largest absolute Gasteiger partial charge is 0.465 e. The molecule has 1 fully saturated rings. The van der Waals surface area contributed by atoms with Crippen LogP contribution in [0.5, 0.6) is 0 Å². The van der Waals surface area contributed by atoms with E-state index in [1.807, 2.05) is 61.5 Å². The van der Waals surface area contributed by atoms with E-state index in [1.54, 1.807) is 6.92 Å². The second-order valence-electron chi connectivity index (χ2n) is 11.1. The number of thiocarbonyl (C=S) groups is 1. The Kier molecular flexibility index (Phi) is 12.3. The molecule has 222 valence electrons. The summed E-state index contributed by atoms with van der Waals surface area (Å²) in [4.78, 5) is 27.1. The van der Waals surface area contributed by atoms with E-state index in [-0.39, 0.29) is 30.6 Å². The standard InChI is InChI=1S/C32H42ClN3O4S/c1-22(34)30(38)35-29(23(2)39-20-25-10-6-5-7-11-25)31(41)36-17-9-14-28(36)15-16-32(4,21-40-24(3)37)19-26-12-8-13-27(33)18-26/h5-8,10-13,15-16,18,22-23,28-29H,9,14,17,19-21,34H2,1-4H3,(H,35,38)/t22-,23?,28-,29-,32-/m0/s1. The lowest BCUT2D eigenvalue weighted by Gasteiger charge is -2.34. The van der Waals surface area contributed by atoms with Crippen molar-refractivity contribution in [2.75, 3.05) is 13.2 Å². The van der Waals surface area contributed by atoms with Crippen LogP contribution in [0.1, 0.15) is 51.7 Å². The van der Waals surface area contributed by atoms with Crippen LogP contribution >= 0.6 is 23.8 Å². The second kappa shape index (κ2) is 15.4. The van der Waals surface area contributed by atoms with Gasteiger partial charge in [-0.2, -0.15) is 0 Å². The van der Waals surface area contributed by atoms with Gasteiger partial charge in [-0.05, 0) is 56.4 Å². The third kappa shape index (κ3) is 10.2. The molecule has 3 rings (SSSR count). The minimum atomic E-state index is -0.677. The highest BCUT2D eigenvalue weighted by molar-refractivity contribution is 7.80. The fourth-order valence-electron chi connectivity index (χ4n) is 4.89. The topological polar surface area (TPSA) is 93.9 Å². The van der Waals surface area contributed by atoms with Gasteiger partial charge >= 0.3 is 5.97 Å². The Labute approximate surface area is 254 Å². The third-order valence-electron chi connectivity index (χ3n) is 7.21. The van der Waals surface area contributed by atoms with Crippen molar-refractivity contribution in [2.45, 2.75) is 77.8 Å². The Hall–Kier alpha value is -2.78. The zero-order valence-corrected chi connectivity index (χ0v) is 25.9. The fourth-order valence-corrected chi connectivity index (χ4v) is 5.58. The summed E-state index contributed by atoms with van der Waals surface area (Å²) >= 11 is 12.2. The monoisotopic (exact) mass is 599 g/mol. The van der Waals surface area contributed by atoms with Crippen molar-refractivity contribution < 1.29 is 19.1 Å². The van der Waals surface area contributed by atoms with Crippen molar-refractivity contribution in [3.05, 3.63) is 82.9 Å². The van der Waals surface area contributed by atoms with Crippen LogP contribution in [-0.2, 0) is 32.1 Å². The summed E-state index contributed by atoms with van der Waals surface area (Å²) in [5, 5.41) is 3.69. The van der Waals surface area contributed by atoms with Crippen LogP contribution in [0.2, 0.25) is 5.02 Å². The molecule has 2 aromatic carbocycles. The van der Waals surface area contributed by atoms with E-state index in [2.05, 4.69) is 29.3 Å². The first-order chi connectivity index (χ1) is 19.5. The summed E-state index contributed by atoms with van der Waals surface area (Å²) in [6, 6.07) is 16.4. The molecule has 5 atom stereocenters. The van der Waals surface area contributed by atoms with E-state index in [9.17, 15) is 9.59 Å². The molecule has 9 heteroatoms. The van der Waals surface area contributed by atoms with E-state index >= 15 is 0 Å². The van der Waals surface area contributed by atoms with Gasteiger partial charge in [0.25, 0.3) is 0 Å². The number of nitrogens with zero attached hydrogens (tertiary/aromatic N) is 1. The quantitative estimate of drug-likeness (QED) is 0.185. The average molecular weight is 600 g/mol. The Balaban J connectivity index is 1.79. The molecule has 1 aliphatic heterocycles. The van der Waals surface area contributed by atoms with Gasteiger partial charge in [0.15, 0.2) is 0 Å². The van der Waals surface area contributed by atoms with E-state index in [0.717, 1.165) is 30.5 Å². The maximum absolute atomic E-state index is 12.7. The zero-order chi connectivity index (χ0) is 30.0. The molecule has 1 unspecified atom stereocenters. The van der Waals surface area contributed by atoms with Gasteiger partial charge in [-0.15, -0.1) is 0 Å². The van der Waals surface area contributed by atoms with E-state index in [4.69, 9.17) is 39.0 Å². The molecule has 0 aromatic heterocycles. The molecular weight excluding hydrogens is 558 g/mol.